The van der Waals surface area contributed by atoms with E-state index in [9.17, 15) is 4.79 Å². The van der Waals surface area contributed by atoms with Gasteiger partial charge in [0.25, 0.3) is 0 Å². The summed E-state index contributed by atoms with van der Waals surface area (Å²) in [5, 5.41) is 14.4. The summed E-state index contributed by atoms with van der Waals surface area (Å²) in [6.07, 6.45) is 0.0797. The van der Waals surface area contributed by atoms with E-state index in [0.29, 0.717) is 5.15 Å². The zero-order valence-corrected chi connectivity index (χ0v) is 11.3. The fourth-order valence-corrected chi connectivity index (χ4v) is 2.39. The number of nitrogens with zero attached hydrogens (tertiary/aromatic N) is 2. The van der Waals surface area contributed by atoms with Crippen molar-refractivity contribution in [3.8, 4) is 0 Å². The molecule has 0 saturated heterocycles. The minimum Gasteiger partial charge on any atom is -0.481 e. The Morgan fingerprint density at radius 2 is 2.17 bits per heavy atom. The maximum absolute atomic E-state index is 10.9. The van der Waals surface area contributed by atoms with Gasteiger partial charge in [-0.2, -0.15) is 5.10 Å². The van der Waals surface area contributed by atoms with Crippen LogP contribution in [0.5, 0.6) is 0 Å². The summed E-state index contributed by atoms with van der Waals surface area (Å²) in [6, 6.07) is 5.78. The second-order valence-corrected chi connectivity index (χ2v) is 5.46. The number of benzene rings is 1. The van der Waals surface area contributed by atoms with Crippen LogP contribution >= 0.6 is 11.6 Å². The highest BCUT2D eigenvalue weighted by Crippen LogP contribution is 2.31. The molecule has 5 heteroatoms. The first-order valence-corrected chi connectivity index (χ1v) is 6.03. The number of aliphatic carboxylic acids is 1. The monoisotopic (exact) mass is 266 g/mol. The lowest BCUT2D eigenvalue weighted by Gasteiger charge is -2.23. The Bertz CT molecular complexity index is 617. The lowest BCUT2D eigenvalue weighted by atomic mass is 9.81. The lowest BCUT2D eigenvalue weighted by Crippen LogP contribution is -2.21. The molecule has 1 aromatic carbocycles. The van der Waals surface area contributed by atoms with Crippen molar-refractivity contribution < 1.29 is 9.90 Å². The van der Waals surface area contributed by atoms with Gasteiger partial charge >= 0.3 is 5.97 Å². The molecular formula is C13H15ClN2O2. The van der Waals surface area contributed by atoms with Crippen LogP contribution in [0.1, 0.15) is 25.8 Å². The highest BCUT2D eigenvalue weighted by atomic mass is 35.5. The van der Waals surface area contributed by atoms with Crippen molar-refractivity contribution in [2.75, 3.05) is 0 Å². The van der Waals surface area contributed by atoms with Crippen LogP contribution in [0.2, 0.25) is 5.15 Å². The lowest BCUT2D eigenvalue weighted by molar-refractivity contribution is -0.138. The molecule has 1 N–H and O–H groups in total. The molecule has 0 aliphatic rings. The summed E-state index contributed by atoms with van der Waals surface area (Å²) >= 11 is 6.06. The molecule has 0 spiro atoms. The fraction of sp³-hybridized carbons (Fsp3) is 0.385. The standard InChI is InChI=1S/C13H15ClN2O2/c1-13(2,7-11(17)18)8-4-5-10-9(6-8)12(14)15-16(10)3/h4-6H,7H2,1-3H3,(H,17,18). The molecule has 1 heterocycles. The van der Waals surface area contributed by atoms with E-state index in [4.69, 9.17) is 16.7 Å². The van der Waals surface area contributed by atoms with Gasteiger partial charge in [-0.25, -0.2) is 0 Å². The van der Waals surface area contributed by atoms with Gasteiger partial charge < -0.3 is 5.11 Å². The van der Waals surface area contributed by atoms with E-state index >= 15 is 0 Å². The number of fused-ring (bicyclic) bond motifs is 1. The number of halogens is 1. The number of carboxylic acids is 1. The first-order chi connectivity index (χ1) is 8.31. The maximum atomic E-state index is 10.9. The van der Waals surface area contributed by atoms with Gasteiger partial charge in [-0.3, -0.25) is 9.48 Å². The Hall–Kier alpha value is -1.55. The van der Waals surface area contributed by atoms with E-state index in [1.54, 1.807) is 4.68 Å². The summed E-state index contributed by atoms with van der Waals surface area (Å²) in [6.45, 7) is 3.82. The van der Waals surface area contributed by atoms with Crippen molar-refractivity contribution in [1.82, 2.24) is 9.78 Å². The number of aryl methyl sites for hydroxylation is 1. The summed E-state index contributed by atoms with van der Waals surface area (Å²) in [7, 11) is 1.83. The molecule has 96 valence electrons. The molecule has 0 unspecified atom stereocenters. The van der Waals surface area contributed by atoms with Gasteiger partial charge in [0.2, 0.25) is 0 Å². The van der Waals surface area contributed by atoms with Crippen molar-refractivity contribution in [2.45, 2.75) is 25.7 Å². The third-order valence-corrected chi connectivity index (χ3v) is 3.46. The molecule has 4 nitrogen and oxygen atoms in total. The molecule has 18 heavy (non-hydrogen) atoms. The second-order valence-electron chi connectivity index (χ2n) is 5.10. The van der Waals surface area contributed by atoms with Crippen LogP contribution in [0.15, 0.2) is 18.2 Å². The summed E-state index contributed by atoms with van der Waals surface area (Å²) in [4.78, 5) is 10.9. The molecule has 0 amide bonds. The predicted octanol–water partition coefficient (Wildman–Crippen LogP) is 2.98. The summed E-state index contributed by atoms with van der Waals surface area (Å²) < 4.78 is 1.71. The Kier molecular flexibility index (Phi) is 3.07. The zero-order chi connectivity index (χ0) is 13.5. The molecule has 0 aliphatic heterocycles. The molecule has 2 aromatic rings. The molecule has 2 rings (SSSR count). The van der Waals surface area contributed by atoms with Crippen LogP contribution in [-0.4, -0.2) is 20.9 Å². The van der Waals surface area contributed by atoms with Gasteiger partial charge in [0, 0.05) is 17.8 Å². The van der Waals surface area contributed by atoms with E-state index in [2.05, 4.69) is 5.10 Å². The highest BCUT2D eigenvalue weighted by Gasteiger charge is 2.25. The van der Waals surface area contributed by atoms with E-state index < -0.39 is 11.4 Å². The smallest absolute Gasteiger partial charge is 0.304 e. The van der Waals surface area contributed by atoms with E-state index in [0.717, 1.165) is 16.5 Å². The molecule has 0 radical (unpaired) electrons. The zero-order valence-electron chi connectivity index (χ0n) is 10.6. The van der Waals surface area contributed by atoms with E-state index in [-0.39, 0.29) is 6.42 Å². The molecular weight excluding hydrogens is 252 g/mol. The molecule has 0 atom stereocenters. The van der Waals surface area contributed by atoms with Crippen molar-refractivity contribution in [3.63, 3.8) is 0 Å². The third-order valence-electron chi connectivity index (χ3n) is 3.18. The third kappa shape index (κ3) is 2.20. The number of rotatable bonds is 3. The minimum atomic E-state index is -0.808. The van der Waals surface area contributed by atoms with Gasteiger partial charge in [-0.15, -0.1) is 0 Å². The number of carbonyl (C=O) groups is 1. The molecule has 0 aliphatic carbocycles. The van der Waals surface area contributed by atoms with Crippen molar-refractivity contribution >= 4 is 28.5 Å². The van der Waals surface area contributed by atoms with Gasteiger partial charge in [-0.05, 0) is 17.7 Å². The second kappa shape index (κ2) is 4.28. The topological polar surface area (TPSA) is 55.1 Å². The Morgan fingerprint density at radius 1 is 1.50 bits per heavy atom. The quantitative estimate of drug-likeness (QED) is 0.929. The Balaban J connectivity index is 2.53. The highest BCUT2D eigenvalue weighted by molar-refractivity contribution is 6.34. The molecule has 0 fully saturated rings. The fourth-order valence-electron chi connectivity index (χ4n) is 2.12. The average molecular weight is 267 g/mol. The van der Waals surface area contributed by atoms with Crippen LogP contribution < -0.4 is 0 Å². The number of hydrogen-bond acceptors (Lipinski definition) is 2. The summed E-state index contributed by atoms with van der Waals surface area (Å²) in [5.41, 5.74) is 1.46. The first-order valence-electron chi connectivity index (χ1n) is 5.66. The average Bonchev–Trinajstić information content (AvgIpc) is 2.53. The van der Waals surface area contributed by atoms with Crippen LogP contribution in [0, 0.1) is 0 Å². The number of hydrogen-bond donors (Lipinski definition) is 1. The van der Waals surface area contributed by atoms with Crippen LogP contribution in [0.4, 0.5) is 0 Å². The van der Waals surface area contributed by atoms with E-state index in [1.165, 1.54) is 0 Å². The number of carboxylic acid groups (broad SMARTS) is 1. The van der Waals surface area contributed by atoms with Gasteiger partial charge in [0.05, 0.1) is 11.9 Å². The van der Waals surface area contributed by atoms with Gasteiger partial charge in [-0.1, -0.05) is 31.5 Å². The van der Waals surface area contributed by atoms with Crippen molar-refractivity contribution in [1.29, 1.82) is 0 Å². The minimum absolute atomic E-state index is 0.0797. The SMILES string of the molecule is Cn1nc(Cl)c2cc(C(C)(C)CC(=O)O)ccc21. The molecule has 1 aromatic heterocycles. The van der Waals surface area contributed by atoms with E-state index in [1.807, 2.05) is 39.1 Å². The summed E-state index contributed by atoms with van der Waals surface area (Å²) in [5.74, 6) is -0.808. The largest absolute Gasteiger partial charge is 0.481 e. The van der Waals surface area contributed by atoms with Crippen molar-refractivity contribution in [2.24, 2.45) is 7.05 Å². The predicted molar refractivity (Wildman–Crippen MR) is 71.0 cm³/mol. The van der Waals surface area contributed by atoms with Crippen LogP contribution in [0.3, 0.4) is 0 Å². The maximum Gasteiger partial charge on any atom is 0.304 e. The normalized spacial score (nSPS) is 12.0. The van der Waals surface area contributed by atoms with Crippen LogP contribution in [-0.2, 0) is 17.3 Å². The number of aromatic nitrogens is 2. The van der Waals surface area contributed by atoms with Gasteiger partial charge in [0.1, 0.15) is 0 Å². The Morgan fingerprint density at radius 3 is 2.78 bits per heavy atom. The first kappa shape index (κ1) is 12.9. The Labute approximate surface area is 110 Å². The van der Waals surface area contributed by atoms with Crippen molar-refractivity contribution in [3.05, 3.63) is 28.9 Å². The van der Waals surface area contributed by atoms with Gasteiger partial charge in [0.15, 0.2) is 5.15 Å². The van der Waals surface area contributed by atoms with Crippen LogP contribution in [0.25, 0.3) is 10.9 Å². The molecule has 0 saturated carbocycles. The molecule has 0 bridgehead atoms.